The Balaban J connectivity index is 2.39. The Morgan fingerprint density at radius 3 is 2.95 bits per heavy atom. The lowest BCUT2D eigenvalue weighted by Crippen LogP contribution is -2.22. The summed E-state index contributed by atoms with van der Waals surface area (Å²) in [4.78, 5) is 3.90. The van der Waals surface area contributed by atoms with Gasteiger partial charge >= 0.3 is 0 Å². The van der Waals surface area contributed by atoms with E-state index in [0.717, 1.165) is 0 Å². The van der Waals surface area contributed by atoms with Crippen LogP contribution in [0.4, 0.5) is 10.1 Å². The molecule has 1 heterocycles. The van der Waals surface area contributed by atoms with Crippen molar-refractivity contribution in [3.63, 3.8) is 0 Å². The molecule has 0 unspecified atom stereocenters. The zero-order valence-electron chi connectivity index (χ0n) is 10.2. The molecule has 0 fully saturated rings. The number of hydrazone groups is 1. The molecule has 0 radical (unpaired) electrons. The highest BCUT2D eigenvalue weighted by Gasteiger charge is 2.07. The van der Waals surface area contributed by atoms with Crippen LogP contribution in [0, 0.1) is 22.6 Å². The molecule has 1 aromatic carbocycles. The number of hydrogen-bond acceptors (Lipinski definition) is 5. The molecule has 4 N–H and O–H groups in total. The van der Waals surface area contributed by atoms with Gasteiger partial charge in [0, 0.05) is 18.5 Å². The Bertz CT molecular complexity index is 697. The minimum atomic E-state index is -0.472. The van der Waals surface area contributed by atoms with Gasteiger partial charge in [-0.2, -0.15) is 10.4 Å². The number of halogens is 1. The van der Waals surface area contributed by atoms with Gasteiger partial charge in [-0.15, -0.1) is 0 Å². The van der Waals surface area contributed by atoms with Gasteiger partial charge < -0.3 is 10.3 Å². The van der Waals surface area contributed by atoms with Crippen LogP contribution < -0.4 is 11.2 Å². The van der Waals surface area contributed by atoms with Crippen molar-refractivity contribution in [3.05, 3.63) is 42.7 Å². The van der Waals surface area contributed by atoms with E-state index < -0.39 is 11.7 Å². The van der Waals surface area contributed by atoms with Crippen molar-refractivity contribution in [1.82, 2.24) is 9.55 Å². The third kappa shape index (κ3) is 2.78. The molecule has 20 heavy (non-hydrogen) atoms. The summed E-state index contributed by atoms with van der Waals surface area (Å²) in [6, 6.07) is 5.71. The number of hydrogen-bond donors (Lipinski definition) is 3. The molecule has 1 aromatic heterocycles. The lowest BCUT2D eigenvalue weighted by Gasteiger charge is -2.09. The summed E-state index contributed by atoms with van der Waals surface area (Å²) in [6.45, 7) is 0. The van der Waals surface area contributed by atoms with E-state index in [9.17, 15) is 4.39 Å². The number of anilines is 1. The number of benzene rings is 1. The first-order chi connectivity index (χ1) is 9.61. The van der Waals surface area contributed by atoms with E-state index >= 15 is 0 Å². The first-order valence-corrected chi connectivity index (χ1v) is 5.48. The average Bonchev–Trinajstić information content (AvgIpc) is 2.93. The Labute approximate surface area is 113 Å². The van der Waals surface area contributed by atoms with Gasteiger partial charge in [-0.25, -0.2) is 9.37 Å². The van der Waals surface area contributed by atoms with Crippen LogP contribution >= 0.6 is 0 Å². The summed E-state index contributed by atoms with van der Waals surface area (Å²) >= 11 is 0. The van der Waals surface area contributed by atoms with E-state index in [1.165, 1.54) is 24.5 Å². The second kappa shape index (κ2) is 5.62. The van der Waals surface area contributed by atoms with Gasteiger partial charge in [0.2, 0.25) is 5.71 Å². The highest BCUT2D eigenvalue weighted by atomic mass is 19.1. The number of nitriles is 1. The molecule has 0 atom stereocenters. The maximum absolute atomic E-state index is 13.3. The number of amidine groups is 1. The summed E-state index contributed by atoms with van der Waals surface area (Å²) in [6.07, 6.45) is 4.79. The standard InChI is InChI=1S/C12H10FN7/c13-8-1-2-11(20-4-3-17-7-20)9(5-8)18-19-10(6-14)12(15)16/h1-5,7,18H,(H3,15,16)/b19-10+. The number of aromatic nitrogens is 2. The van der Waals surface area contributed by atoms with Gasteiger partial charge in [-0.05, 0) is 12.1 Å². The second-order valence-corrected chi connectivity index (χ2v) is 3.73. The maximum atomic E-state index is 13.3. The smallest absolute Gasteiger partial charge is 0.201 e. The summed E-state index contributed by atoms with van der Waals surface area (Å²) in [5.41, 5.74) is 8.33. The summed E-state index contributed by atoms with van der Waals surface area (Å²) in [5.74, 6) is -0.937. The normalized spacial score (nSPS) is 10.9. The van der Waals surface area contributed by atoms with Gasteiger partial charge in [-0.1, -0.05) is 0 Å². The zero-order valence-corrected chi connectivity index (χ0v) is 10.2. The Morgan fingerprint density at radius 2 is 2.35 bits per heavy atom. The largest absolute Gasteiger partial charge is 0.382 e. The van der Waals surface area contributed by atoms with Gasteiger partial charge in [0.05, 0.1) is 17.7 Å². The van der Waals surface area contributed by atoms with Crippen molar-refractivity contribution in [2.45, 2.75) is 0 Å². The molecule has 0 saturated carbocycles. The number of rotatable bonds is 4. The number of imidazole rings is 1. The minimum absolute atomic E-state index is 0.286. The van der Waals surface area contributed by atoms with Gasteiger partial charge in [0.1, 0.15) is 11.9 Å². The van der Waals surface area contributed by atoms with Crippen molar-refractivity contribution in [1.29, 1.82) is 10.7 Å². The fourth-order valence-electron chi connectivity index (χ4n) is 1.49. The van der Waals surface area contributed by atoms with Crippen LogP contribution in [-0.2, 0) is 0 Å². The molecule has 0 bridgehead atoms. The summed E-state index contributed by atoms with van der Waals surface area (Å²) in [5, 5.41) is 19.6. The molecule has 2 aromatic rings. The van der Waals surface area contributed by atoms with Crippen LogP contribution in [0.1, 0.15) is 0 Å². The first-order valence-electron chi connectivity index (χ1n) is 5.48. The number of nitrogens with two attached hydrogens (primary N) is 1. The SMILES string of the molecule is N#C/C(=N\Nc1cc(F)ccc1-n1ccnc1)C(=N)N. The first kappa shape index (κ1) is 13.2. The molecule has 7 nitrogen and oxygen atoms in total. The Morgan fingerprint density at radius 1 is 1.55 bits per heavy atom. The third-order valence-corrected chi connectivity index (χ3v) is 2.39. The quantitative estimate of drug-likeness (QED) is 0.440. The van der Waals surface area contributed by atoms with E-state index in [1.54, 1.807) is 23.0 Å². The second-order valence-electron chi connectivity index (χ2n) is 3.73. The highest BCUT2D eigenvalue weighted by molar-refractivity contribution is 6.45. The van der Waals surface area contributed by atoms with E-state index in [1.807, 2.05) is 0 Å². The molecule has 2 rings (SSSR count). The van der Waals surface area contributed by atoms with Gasteiger partial charge in [0.25, 0.3) is 0 Å². The molecule has 0 aliphatic carbocycles. The van der Waals surface area contributed by atoms with E-state index in [0.29, 0.717) is 11.4 Å². The fraction of sp³-hybridized carbons (Fsp3) is 0. The summed E-state index contributed by atoms with van der Waals surface area (Å²) in [7, 11) is 0. The lowest BCUT2D eigenvalue weighted by molar-refractivity contribution is 0.628. The molecular formula is C12H10FN7. The molecule has 0 spiro atoms. The minimum Gasteiger partial charge on any atom is -0.382 e. The topological polar surface area (TPSA) is 116 Å². The van der Waals surface area contributed by atoms with E-state index in [2.05, 4.69) is 15.5 Å². The summed E-state index contributed by atoms with van der Waals surface area (Å²) < 4.78 is 15.0. The highest BCUT2D eigenvalue weighted by Crippen LogP contribution is 2.21. The van der Waals surface area contributed by atoms with Crippen molar-refractivity contribution in [2.75, 3.05) is 5.43 Å². The molecule has 100 valence electrons. The predicted molar refractivity (Wildman–Crippen MR) is 72.1 cm³/mol. The van der Waals surface area contributed by atoms with Crippen molar-refractivity contribution < 1.29 is 4.39 Å². The van der Waals surface area contributed by atoms with Crippen molar-refractivity contribution >= 4 is 17.2 Å². The maximum Gasteiger partial charge on any atom is 0.201 e. The number of nitrogens with zero attached hydrogens (tertiary/aromatic N) is 4. The van der Waals surface area contributed by atoms with Crippen LogP contribution in [0.2, 0.25) is 0 Å². The van der Waals surface area contributed by atoms with Gasteiger partial charge in [-0.3, -0.25) is 10.8 Å². The molecule has 0 amide bonds. The van der Waals surface area contributed by atoms with Crippen LogP contribution in [0.25, 0.3) is 5.69 Å². The molecule has 0 aliphatic heterocycles. The van der Waals surface area contributed by atoms with E-state index in [4.69, 9.17) is 16.4 Å². The molecule has 8 heteroatoms. The monoisotopic (exact) mass is 271 g/mol. The predicted octanol–water partition coefficient (Wildman–Crippen LogP) is 1.24. The van der Waals surface area contributed by atoms with Crippen LogP contribution in [0.5, 0.6) is 0 Å². The molecular weight excluding hydrogens is 261 g/mol. The van der Waals surface area contributed by atoms with Crippen molar-refractivity contribution in [2.24, 2.45) is 10.8 Å². The van der Waals surface area contributed by atoms with Crippen LogP contribution in [0.3, 0.4) is 0 Å². The fourth-order valence-corrected chi connectivity index (χ4v) is 1.49. The average molecular weight is 271 g/mol. The Kier molecular flexibility index (Phi) is 3.72. The third-order valence-electron chi connectivity index (χ3n) is 2.39. The van der Waals surface area contributed by atoms with E-state index in [-0.39, 0.29) is 5.71 Å². The van der Waals surface area contributed by atoms with Crippen LogP contribution in [-0.4, -0.2) is 21.1 Å². The Hall–Kier alpha value is -3.21. The molecule has 0 saturated heterocycles. The number of nitrogens with one attached hydrogen (secondary N) is 2. The van der Waals surface area contributed by atoms with Crippen LogP contribution in [0.15, 0.2) is 42.0 Å². The molecule has 0 aliphatic rings. The van der Waals surface area contributed by atoms with Gasteiger partial charge in [0.15, 0.2) is 5.84 Å². The van der Waals surface area contributed by atoms with Crippen molar-refractivity contribution in [3.8, 4) is 11.8 Å². The zero-order chi connectivity index (χ0) is 14.5. The lowest BCUT2D eigenvalue weighted by atomic mass is 10.2.